The van der Waals surface area contributed by atoms with E-state index in [1.165, 1.54) is 0 Å². The van der Waals surface area contributed by atoms with Gasteiger partial charge < -0.3 is 15.0 Å². The number of likely N-dealkylation sites (N-methyl/N-ethyl adjacent to an activating group) is 1. The van der Waals surface area contributed by atoms with Gasteiger partial charge in [0.15, 0.2) is 0 Å². The van der Waals surface area contributed by atoms with Gasteiger partial charge in [-0.05, 0) is 19.2 Å². The Kier molecular flexibility index (Phi) is 4.14. The molecule has 0 bridgehead atoms. The first-order chi connectivity index (χ1) is 10.1. The number of nitrogens with zero attached hydrogens (tertiary/aromatic N) is 2. The Hall–Kier alpha value is -1.18. The molecule has 1 fully saturated rings. The van der Waals surface area contributed by atoms with Crippen molar-refractivity contribution in [2.24, 2.45) is 4.99 Å². The molecule has 1 saturated heterocycles. The lowest BCUT2D eigenvalue weighted by atomic mass is 10.2. The van der Waals surface area contributed by atoms with E-state index in [1.54, 1.807) is 35.7 Å². The highest BCUT2D eigenvalue weighted by Gasteiger charge is 2.39. The first-order valence-corrected chi connectivity index (χ1v) is 8.64. The first-order valence-electron chi connectivity index (χ1n) is 6.61. The number of carboxylic acids is 1. The molecule has 112 valence electrons. The molecule has 5 nitrogen and oxygen atoms in total. The maximum atomic E-state index is 11.1. The Morgan fingerprint density at radius 2 is 2.19 bits per heavy atom. The molecule has 0 spiro atoms. The lowest BCUT2D eigenvalue weighted by molar-refractivity contribution is -0.310. The van der Waals surface area contributed by atoms with Gasteiger partial charge in [0.05, 0.1) is 23.4 Å². The van der Waals surface area contributed by atoms with Crippen LogP contribution in [0.5, 0.6) is 5.75 Å². The van der Waals surface area contributed by atoms with Gasteiger partial charge in [0.25, 0.3) is 0 Å². The molecule has 21 heavy (non-hydrogen) atoms. The summed E-state index contributed by atoms with van der Waals surface area (Å²) in [7, 11) is 1.81. The van der Waals surface area contributed by atoms with Crippen molar-refractivity contribution in [2.75, 3.05) is 18.6 Å². The summed E-state index contributed by atoms with van der Waals surface area (Å²) in [6.45, 7) is 0. The van der Waals surface area contributed by atoms with Gasteiger partial charge in [0.2, 0.25) is 0 Å². The lowest BCUT2D eigenvalue weighted by Gasteiger charge is -2.27. The third-order valence-electron chi connectivity index (χ3n) is 3.73. The molecule has 0 saturated carbocycles. The van der Waals surface area contributed by atoms with Crippen molar-refractivity contribution in [3.63, 3.8) is 0 Å². The second kappa shape index (κ2) is 5.90. The van der Waals surface area contributed by atoms with E-state index in [4.69, 9.17) is 0 Å². The number of hydrogen-bond acceptors (Lipinski definition) is 7. The van der Waals surface area contributed by atoms with Crippen LogP contribution in [-0.2, 0) is 4.79 Å². The first kappa shape index (κ1) is 14.7. The van der Waals surface area contributed by atoms with Crippen molar-refractivity contribution in [3.8, 4) is 5.75 Å². The van der Waals surface area contributed by atoms with E-state index in [2.05, 4.69) is 4.99 Å². The Balaban J connectivity index is 1.78. The zero-order valence-electron chi connectivity index (χ0n) is 11.4. The minimum atomic E-state index is -1.02. The third-order valence-corrected chi connectivity index (χ3v) is 6.33. The average Bonchev–Trinajstić information content (AvgIpc) is 3.05. The van der Waals surface area contributed by atoms with E-state index in [1.807, 2.05) is 24.1 Å². The van der Waals surface area contributed by atoms with Gasteiger partial charge in [-0.15, -0.1) is 23.5 Å². The van der Waals surface area contributed by atoms with E-state index in [0.717, 1.165) is 16.4 Å². The topological polar surface area (TPSA) is 76.0 Å². The number of para-hydroxylation sites is 1. The van der Waals surface area contributed by atoms with Gasteiger partial charge in [0.1, 0.15) is 10.8 Å². The summed E-state index contributed by atoms with van der Waals surface area (Å²) in [6.07, 6.45) is 0. The molecule has 2 aliphatic rings. The molecule has 2 aliphatic heterocycles. The van der Waals surface area contributed by atoms with Crippen LogP contribution in [0.4, 0.5) is 0 Å². The zero-order valence-corrected chi connectivity index (χ0v) is 13.1. The van der Waals surface area contributed by atoms with Crippen molar-refractivity contribution in [2.45, 2.75) is 17.5 Å². The van der Waals surface area contributed by atoms with Gasteiger partial charge in [-0.25, -0.2) is 0 Å². The average molecular weight is 323 g/mol. The molecule has 3 atom stereocenters. The number of benzene rings is 1. The molecule has 0 unspecified atom stereocenters. The van der Waals surface area contributed by atoms with Crippen LogP contribution in [0.1, 0.15) is 5.56 Å². The molecule has 0 aromatic heterocycles. The van der Waals surface area contributed by atoms with Gasteiger partial charge in [-0.1, -0.05) is 12.1 Å². The molecule has 0 radical (unpaired) electrons. The monoisotopic (exact) mass is 323 g/mol. The van der Waals surface area contributed by atoms with E-state index in [9.17, 15) is 15.0 Å². The largest absolute Gasteiger partial charge is 0.548 e. The number of aliphatic imine (C=N–C) groups is 1. The fourth-order valence-electron chi connectivity index (χ4n) is 2.56. The van der Waals surface area contributed by atoms with Crippen molar-refractivity contribution in [3.05, 3.63) is 29.8 Å². The Labute approximate surface area is 131 Å². The highest BCUT2D eigenvalue weighted by molar-refractivity contribution is 8.14. The second-order valence-electron chi connectivity index (χ2n) is 5.05. The van der Waals surface area contributed by atoms with Crippen molar-refractivity contribution in [1.82, 2.24) is 4.90 Å². The van der Waals surface area contributed by atoms with Crippen LogP contribution in [0.25, 0.3) is 0 Å². The summed E-state index contributed by atoms with van der Waals surface area (Å²) in [5.41, 5.74) is 0.743. The van der Waals surface area contributed by atoms with Gasteiger partial charge in [-0.2, -0.15) is 0 Å². The number of thioether (sulfide) groups is 2. The molecular weight excluding hydrogens is 308 g/mol. The van der Waals surface area contributed by atoms with Gasteiger partial charge in [0, 0.05) is 17.1 Å². The number of aliphatic carboxylic acids is 1. The third kappa shape index (κ3) is 2.77. The summed E-state index contributed by atoms with van der Waals surface area (Å²) in [5, 5.41) is 21.8. The second-order valence-corrected chi connectivity index (χ2v) is 7.21. The summed E-state index contributed by atoms with van der Waals surface area (Å²) >= 11 is 3.21. The van der Waals surface area contributed by atoms with Crippen LogP contribution < -0.4 is 5.11 Å². The highest BCUT2D eigenvalue weighted by Crippen LogP contribution is 2.37. The van der Waals surface area contributed by atoms with Crippen LogP contribution in [0.3, 0.4) is 0 Å². The lowest BCUT2D eigenvalue weighted by Crippen LogP contribution is -2.48. The Morgan fingerprint density at radius 3 is 2.86 bits per heavy atom. The highest BCUT2D eigenvalue weighted by atomic mass is 32.2. The smallest absolute Gasteiger partial charge is 0.125 e. The predicted octanol–water partition coefficient (Wildman–Crippen LogP) is 0.377. The number of phenols is 1. The number of rotatable bonds is 3. The molecule has 0 aliphatic carbocycles. The van der Waals surface area contributed by atoms with Crippen LogP contribution in [0.15, 0.2) is 29.3 Å². The molecule has 0 amide bonds. The maximum absolute atomic E-state index is 11.1. The number of carbonyl (C=O) groups is 1. The molecule has 3 rings (SSSR count). The van der Waals surface area contributed by atoms with Crippen LogP contribution >= 0.6 is 23.5 Å². The number of carboxylic acid groups (broad SMARTS) is 1. The molecule has 2 heterocycles. The minimum absolute atomic E-state index is 0.0314. The fraction of sp³-hybridized carbons (Fsp3) is 0.429. The Morgan fingerprint density at radius 1 is 1.43 bits per heavy atom. The molecule has 1 N–H and O–H groups in total. The Bertz CT molecular complexity index is 593. The van der Waals surface area contributed by atoms with Crippen LogP contribution in [-0.4, -0.2) is 57.0 Å². The van der Waals surface area contributed by atoms with Crippen LogP contribution in [0.2, 0.25) is 0 Å². The van der Waals surface area contributed by atoms with Crippen molar-refractivity contribution >= 4 is 34.5 Å². The predicted molar refractivity (Wildman–Crippen MR) is 83.7 cm³/mol. The fourth-order valence-corrected chi connectivity index (χ4v) is 5.31. The quantitative estimate of drug-likeness (QED) is 0.866. The van der Waals surface area contributed by atoms with E-state index < -0.39 is 12.0 Å². The van der Waals surface area contributed by atoms with Crippen molar-refractivity contribution in [1.29, 1.82) is 0 Å². The number of aromatic hydroxyl groups is 1. The van der Waals surface area contributed by atoms with Crippen LogP contribution in [0, 0.1) is 0 Å². The molecule has 1 aromatic rings. The normalized spacial score (nSPS) is 29.6. The molecular formula is C14H15N2O3S2-. The molecule has 7 heteroatoms. The van der Waals surface area contributed by atoms with Gasteiger partial charge in [-0.3, -0.25) is 9.89 Å². The SMILES string of the molecule is CN1[C@@H]([C@H]2CSC(c3ccccc3O)=N2)SC[C@H]1C(=O)[O-]. The zero-order chi connectivity index (χ0) is 15.0. The number of phenolic OH excluding ortho intramolecular Hbond substituents is 1. The molecule has 1 aromatic carbocycles. The maximum Gasteiger partial charge on any atom is 0.125 e. The summed E-state index contributed by atoms with van der Waals surface area (Å²) in [6, 6.07) is 6.63. The summed E-state index contributed by atoms with van der Waals surface area (Å²) < 4.78 is 0. The summed E-state index contributed by atoms with van der Waals surface area (Å²) in [5.74, 6) is 0.532. The summed E-state index contributed by atoms with van der Waals surface area (Å²) in [4.78, 5) is 17.6. The van der Waals surface area contributed by atoms with Crippen molar-refractivity contribution < 1.29 is 15.0 Å². The van der Waals surface area contributed by atoms with E-state index >= 15 is 0 Å². The minimum Gasteiger partial charge on any atom is -0.548 e. The van der Waals surface area contributed by atoms with Gasteiger partial charge >= 0.3 is 0 Å². The van der Waals surface area contributed by atoms with E-state index in [0.29, 0.717) is 5.75 Å². The number of carbonyl (C=O) groups excluding carboxylic acids is 1. The number of hydrogen-bond donors (Lipinski definition) is 1. The van der Waals surface area contributed by atoms with E-state index in [-0.39, 0.29) is 17.2 Å². The standard InChI is InChI=1S/C14H16N2O3S2/c1-16-10(14(18)19)7-21-13(16)9-6-20-12(15-9)8-4-2-3-5-11(8)17/h2-5,9-10,13,17H,6-7H2,1H3,(H,18,19)/p-1/t9-,10+,13-/m1/s1.